The second-order valence-corrected chi connectivity index (χ2v) is 5.05. The lowest BCUT2D eigenvalue weighted by molar-refractivity contribution is 0.0692. The Hall–Kier alpha value is -1.10. The number of nitrogens with one attached hydrogen (secondary N) is 1. The topological polar surface area (TPSA) is 58.4 Å². The second-order valence-electron chi connectivity index (χ2n) is 5.05. The van der Waals surface area contributed by atoms with Gasteiger partial charge in [0.2, 0.25) is 0 Å². The molecule has 1 atom stereocenters. The number of amides is 1. The minimum atomic E-state index is 0. The number of hydrogen-bond donors (Lipinski definition) is 2. The van der Waals surface area contributed by atoms with Crippen LogP contribution in [0, 0.1) is 0 Å². The molecule has 3 N–H and O–H groups in total. The Morgan fingerprint density at radius 3 is 2.60 bits per heavy atom. The fourth-order valence-electron chi connectivity index (χ4n) is 2.55. The molecule has 112 valence electrons. The number of benzene rings is 1. The van der Waals surface area contributed by atoms with Crippen LogP contribution in [0.15, 0.2) is 24.3 Å². The van der Waals surface area contributed by atoms with E-state index in [0.29, 0.717) is 12.6 Å². The molecule has 1 saturated heterocycles. The van der Waals surface area contributed by atoms with Gasteiger partial charge in [0, 0.05) is 31.2 Å². The number of carbonyl (C=O) groups is 1. The molecule has 1 unspecified atom stereocenters. The van der Waals surface area contributed by atoms with Gasteiger partial charge in [0.1, 0.15) is 0 Å². The summed E-state index contributed by atoms with van der Waals surface area (Å²) in [5, 5.41) is 3.33. The number of nitrogens with zero attached hydrogens (tertiary/aromatic N) is 1. The second kappa shape index (κ2) is 8.25. The van der Waals surface area contributed by atoms with E-state index in [9.17, 15) is 4.79 Å². The van der Waals surface area contributed by atoms with Crippen LogP contribution in [-0.4, -0.2) is 36.5 Å². The van der Waals surface area contributed by atoms with Crippen LogP contribution in [0.3, 0.4) is 0 Å². The lowest BCUT2D eigenvalue weighted by Gasteiger charge is -2.28. The van der Waals surface area contributed by atoms with Gasteiger partial charge in [-0.15, -0.1) is 12.4 Å². The Morgan fingerprint density at radius 1 is 1.40 bits per heavy atom. The van der Waals surface area contributed by atoms with E-state index in [4.69, 9.17) is 5.73 Å². The summed E-state index contributed by atoms with van der Waals surface area (Å²) in [6, 6.07) is 7.97. The van der Waals surface area contributed by atoms with Crippen LogP contribution in [0.4, 0.5) is 0 Å². The molecular formula is C15H24ClN3O. The van der Waals surface area contributed by atoms with Crippen molar-refractivity contribution in [2.45, 2.75) is 32.4 Å². The maximum Gasteiger partial charge on any atom is 0.254 e. The molecule has 1 amide bonds. The Labute approximate surface area is 127 Å². The number of rotatable bonds is 5. The van der Waals surface area contributed by atoms with Crippen molar-refractivity contribution < 1.29 is 4.79 Å². The van der Waals surface area contributed by atoms with Crippen molar-refractivity contribution in [3.63, 3.8) is 0 Å². The average Bonchev–Trinajstić information content (AvgIpc) is 2.98. The van der Waals surface area contributed by atoms with Crippen molar-refractivity contribution in [1.82, 2.24) is 10.2 Å². The van der Waals surface area contributed by atoms with Crippen LogP contribution in [0.2, 0.25) is 0 Å². The van der Waals surface area contributed by atoms with E-state index in [1.807, 2.05) is 29.2 Å². The van der Waals surface area contributed by atoms with Crippen LogP contribution in [0.5, 0.6) is 0 Å². The molecular weight excluding hydrogens is 274 g/mol. The first-order valence-corrected chi connectivity index (χ1v) is 7.07. The molecule has 1 aliphatic rings. The molecule has 1 aromatic carbocycles. The quantitative estimate of drug-likeness (QED) is 0.871. The molecule has 4 nitrogen and oxygen atoms in total. The average molecular weight is 298 g/mol. The van der Waals surface area contributed by atoms with Crippen molar-refractivity contribution in [1.29, 1.82) is 0 Å². The Bertz CT molecular complexity index is 416. The summed E-state index contributed by atoms with van der Waals surface area (Å²) >= 11 is 0. The first-order chi connectivity index (χ1) is 9.26. The highest BCUT2D eigenvalue weighted by Gasteiger charge is 2.26. The summed E-state index contributed by atoms with van der Waals surface area (Å²) in [4.78, 5) is 14.6. The summed E-state index contributed by atoms with van der Waals surface area (Å²) in [7, 11) is 0. The molecule has 0 aliphatic carbocycles. The van der Waals surface area contributed by atoms with Crippen molar-refractivity contribution in [2.75, 3.05) is 19.6 Å². The molecule has 1 aliphatic heterocycles. The smallest absolute Gasteiger partial charge is 0.254 e. The van der Waals surface area contributed by atoms with E-state index >= 15 is 0 Å². The van der Waals surface area contributed by atoms with Gasteiger partial charge < -0.3 is 16.0 Å². The molecule has 1 fully saturated rings. The zero-order valence-electron chi connectivity index (χ0n) is 12.0. The Morgan fingerprint density at radius 2 is 2.10 bits per heavy atom. The lowest BCUT2D eigenvalue weighted by Crippen LogP contribution is -2.42. The molecule has 0 spiro atoms. The van der Waals surface area contributed by atoms with Crippen molar-refractivity contribution in [3.8, 4) is 0 Å². The fourth-order valence-corrected chi connectivity index (χ4v) is 2.55. The molecule has 5 heteroatoms. The van der Waals surface area contributed by atoms with E-state index in [-0.39, 0.29) is 18.3 Å². The molecule has 0 aromatic heterocycles. The third kappa shape index (κ3) is 3.95. The van der Waals surface area contributed by atoms with Gasteiger partial charge in [-0.05, 0) is 37.1 Å². The van der Waals surface area contributed by atoms with Crippen LogP contribution in [0.1, 0.15) is 35.7 Å². The van der Waals surface area contributed by atoms with Gasteiger partial charge >= 0.3 is 0 Å². The predicted octanol–water partition coefficient (Wildman–Crippen LogP) is 1.78. The molecule has 20 heavy (non-hydrogen) atoms. The third-order valence-corrected chi connectivity index (χ3v) is 3.64. The molecule has 0 saturated carbocycles. The number of nitrogens with two attached hydrogens (primary N) is 1. The summed E-state index contributed by atoms with van der Waals surface area (Å²) in [6.45, 7) is 5.36. The van der Waals surface area contributed by atoms with E-state index in [1.54, 1.807) is 0 Å². The standard InChI is InChI=1S/C15H23N3O.ClH/c1-2-9-18(14-7-8-17-11-14)15(19)13-5-3-12(10-16)4-6-13;/h3-6,14,17H,2,7-11,16H2,1H3;1H. The number of hydrogen-bond acceptors (Lipinski definition) is 3. The summed E-state index contributed by atoms with van der Waals surface area (Å²) < 4.78 is 0. The van der Waals surface area contributed by atoms with Crippen LogP contribution < -0.4 is 11.1 Å². The first-order valence-electron chi connectivity index (χ1n) is 7.07. The van der Waals surface area contributed by atoms with Gasteiger partial charge in [0.15, 0.2) is 0 Å². The molecule has 0 bridgehead atoms. The van der Waals surface area contributed by atoms with Crippen molar-refractivity contribution >= 4 is 18.3 Å². The van der Waals surface area contributed by atoms with Crippen LogP contribution in [0.25, 0.3) is 0 Å². The zero-order valence-corrected chi connectivity index (χ0v) is 12.8. The van der Waals surface area contributed by atoms with Gasteiger partial charge in [-0.1, -0.05) is 19.1 Å². The first kappa shape index (κ1) is 17.0. The monoisotopic (exact) mass is 297 g/mol. The lowest BCUT2D eigenvalue weighted by atomic mass is 10.1. The zero-order chi connectivity index (χ0) is 13.7. The highest BCUT2D eigenvalue weighted by molar-refractivity contribution is 5.94. The Kier molecular flexibility index (Phi) is 6.99. The minimum absolute atomic E-state index is 0. The molecule has 0 radical (unpaired) electrons. The van der Waals surface area contributed by atoms with Crippen LogP contribution in [-0.2, 0) is 6.54 Å². The summed E-state index contributed by atoms with van der Waals surface area (Å²) in [5.41, 5.74) is 7.40. The van der Waals surface area contributed by atoms with E-state index < -0.39 is 0 Å². The molecule has 1 aromatic rings. The van der Waals surface area contributed by atoms with E-state index in [0.717, 1.165) is 43.6 Å². The predicted molar refractivity (Wildman–Crippen MR) is 84.2 cm³/mol. The van der Waals surface area contributed by atoms with Gasteiger partial charge in [0.05, 0.1) is 0 Å². The highest BCUT2D eigenvalue weighted by atomic mass is 35.5. The van der Waals surface area contributed by atoms with Gasteiger partial charge in [-0.25, -0.2) is 0 Å². The SMILES string of the molecule is CCCN(C(=O)c1ccc(CN)cc1)C1CCNC1.Cl. The van der Waals surface area contributed by atoms with Crippen LogP contribution >= 0.6 is 12.4 Å². The fraction of sp³-hybridized carbons (Fsp3) is 0.533. The Balaban J connectivity index is 0.00000200. The largest absolute Gasteiger partial charge is 0.334 e. The van der Waals surface area contributed by atoms with Crippen molar-refractivity contribution in [2.24, 2.45) is 5.73 Å². The number of halogens is 1. The van der Waals surface area contributed by atoms with Gasteiger partial charge in [-0.3, -0.25) is 4.79 Å². The summed E-state index contributed by atoms with van der Waals surface area (Å²) in [6.07, 6.45) is 2.04. The maximum atomic E-state index is 12.6. The molecule has 1 heterocycles. The van der Waals surface area contributed by atoms with Gasteiger partial charge in [0.25, 0.3) is 5.91 Å². The number of carbonyl (C=O) groups excluding carboxylic acids is 1. The van der Waals surface area contributed by atoms with E-state index in [2.05, 4.69) is 12.2 Å². The normalized spacial score (nSPS) is 17.6. The van der Waals surface area contributed by atoms with Crippen molar-refractivity contribution in [3.05, 3.63) is 35.4 Å². The third-order valence-electron chi connectivity index (χ3n) is 3.64. The summed E-state index contributed by atoms with van der Waals surface area (Å²) in [5.74, 6) is 0.138. The maximum absolute atomic E-state index is 12.6. The molecule has 2 rings (SSSR count). The minimum Gasteiger partial charge on any atom is -0.334 e. The van der Waals surface area contributed by atoms with Gasteiger partial charge in [-0.2, -0.15) is 0 Å². The highest BCUT2D eigenvalue weighted by Crippen LogP contribution is 2.14. The van der Waals surface area contributed by atoms with E-state index in [1.165, 1.54) is 0 Å².